The van der Waals surface area contributed by atoms with Crippen LogP contribution in [0.1, 0.15) is 28.3 Å². The summed E-state index contributed by atoms with van der Waals surface area (Å²) >= 11 is 0. The van der Waals surface area contributed by atoms with E-state index in [4.69, 9.17) is 5.73 Å². The van der Waals surface area contributed by atoms with Gasteiger partial charge in [-0.2, -0.15) is 0 Å². The molecule has 1 aromatic carbocycles. The second-order valence-corrected chi connectivity index (χ2v) is 5.69. The second-order valence-electron chi connectivity index (χ2n) is 5.69. The number of hydrogen-bond acceptors (Lipinski definition) is 3. The fourth-order valence-electron chi connectivity index (χ4n) is 3.33. The van der Waals surface area contributed by atoms with E-state index in [0.717, 1.165) is 24.0 Å². The smallest absolute Gasteiger partial charge is 0.128 e. The lowest BCUT2D eigenvalue weighted by Crippen LogP contribution is -2.27. The lowest BCUT2D eigenvalue weighted by Gasteiger charge is -2.24. The molecule has 3 heteroatoms. The van der Waals surface area contributed by atoms with Crippen molar-refractivity contribution in [3.63, 3.8) is 0 Å². The summed E-state index contributed by atoms with van der Waals surface area (Å²) in [6.07, 6.45) is 4.04. The minimum atomic E-state index is 0.259. The fraction of sp³-hybridized carbons (Fsp3) is 0.353. The van der Waals surface area contributed by atoms with Gasteiger partial charge in [-0.15, -0.1) is 0 Å². The summed E-state index contributed by atoms with van der Waals surface area (Å²) in [6.45, 7) is 2.06. The van der Waals surface area contributed by atoms with E-state index in [-0.39, 0.29) is 6.04 Å². The Hall–Kier alpha value is -1.87. The molecule has 2 aromatic rings. The molecule has 1 aliphatic carbocycles. The zero-order valence-corrected chi connectivity index (χ0v) is 12.1. The molecule has 0 saturated carbocycles. The van der Waals surface area contributed by atoms with Gasteiger partial charge in [-0.1, -0.05) is 24.3 Å². The number of rotatable bonds is 3. The molecule has 0 fully saturated rings. The third-order valence-electron chi connectivity index (χ3n) is 4.29. The molecule has 104 valence electrons. The normalized spacial score (nSPS) is 16.1. The van der Waals surface area contributed by atoms with Crippen LogP contribution in [0, 0.1) is 12.8 Å². The molecule has 0 bridgehead atoms. The third kappa shape index (κ3) is 2.29. The number of pyridine rings is 1. The van der Waals surface area contributed by atoms with Gasteiger partial charge in [0.2, 0.25) is 0 Å². The van der Waals surface area contributed by atoms with E-state index in [1.54, 1.807) is 0 Å². The van der Waals surface area contributed by atoms with E-state index < -0.39 is 0 Å². The summed E-state index contributed by atoms with van der Waals surface area (Å²) < 4.78 is 0. The summed E-state index contributed by atoms with van der Waals surface area (Å²) in [5.74, 6) is 1.19. The van der Waals surface area contributed by atoms with Gasteiger partial charge in [-0.25, -0.2) is 4.98 Å². The van der Waals surface area contributed by atoms with E-state index in [1.807, 2.05) is 13.2 Å². The Morgan fingerprint density at radius 1 is 1.25 bits per heavy atom. The Kier molecular flexibility index (Phi) is 3.45. The van der Waals surface area contributed by atoms with Crippen LogP contribution >= 0.6 is 0 Å². The molecule has 1 aliphatic rings. The highest BCUT2D eigenvalue weighted by molar-refractivity contribution is 5.44. The number of nitrogens with two attached hydrogens (primary N) is 1. The van der Waals surface area contributed by atoms with Crippen molar-refractivity contribution in [2.75, 3.05) is 12.8 Å². The quantitative estimate of drug-likeness (QED) is 0.899. The predicted octanol–water partition coefficient (Wildman–Crippen LogP) is 2.65. The van der Waals surface area contributed by atoms with Gasteiger partial charge < -0.3 is 11.1 Å². The van der Waals surface area contributed by atoms with Crippen LogP contribution in [0.4, 0.5) is 5.82 Å². The van der Waals surface area contributed by atoms with Crippen LogP contribution in [0.15, 0.2) is 36.5 Å². The van der Waals surface area contributed by atoms with Gasteiger partial charge in [0, 0.05) is 17.8 Å². The number of nitrogens with zero attached hydrogens (tertiary/aromatic N) is 1. The van der Waals surface area contributed by atoms with Crippen LogP contribution in [0.25, 0.3) is 0 Å². The lowest BCUT2D eigenvalue weighted by atomic mass is 9.90. The maximum absolute atomic E-state index is 6.09. The first-order valence-corrected chi connectivity index (χ1v) is 7.15. The van der Waals surface area contributed by atoms with Gasteiger partial charge in [0.05, 0.1) is 0 Å². The third-order valence-corrected chi connectivity index (χ3v) is 4.29. The number of benzene rings is 1. The van der Waals surface area contributed by atoms with Gasteiger partial charge in [-0.3, -0.25) is 0 Å². The van der Waals surface area contributed by atoms with Crippen molar-refractivity contribution in [2.45, 2.75) is 25.8 Å². The Morgan fingerprint density at radius 2 is 1.90 bits per heavy atom. The Labute approximate surface area is 120 Å². The molecule has 3 rings (SSSR count). The van der Waals surface area contributed by atoms with Crippen LogP contribution in [0.2, 0.25) is 0 Å². The summed E-state index contributed by atoms with van der Waals surface area (Å²) in [5, 5.41) is 3.44. The van der Waals surface area contributed by atoms with Crippen molar-refractivity contribution in [1.82, 2.24) is 10.3 Å². The molecular formula is C17H21N3. The maximum Gasteiger partial charge on any atom is 0.128 e. The average molecular weight is 267 g/mol. The van der Waals surface area contributed by atoms with Crippen molar-refractivity contribution in [1.29, 1.82) is 0 Å². The molecule has 0 amide bonds. The highest BCUT2D eigenvalue weighted by Gasteiger charge is 2.29. The van der Waals surface area contributed by atoms with Crippen LogP contribution in [0.3, 0.4) is 0 Å². The first-order chi connectivity index (χ1) is 9.69. The first-order valence-electron chi connectivity index (χ1n) is 7.15. The number of anilines is 1. The largest absolute Gasteiger partial charge is 0.383 e. The highest BCUT2D eigenvalue weighted by atomic mass is 14.9. The predicted molar refractivity (Wildman–Crippen MR) is 82.5 cm³/mol. The van der Waals surface area contributed by atoms with Crippen LogP contribution in [0.5, 0.6) is 0 Å². The van der Waals surface area contributed by atoms with Crippen LogP contribution in [-0.2, 0) is 12.8 Å². The molecule has 0 spiro atoms. The Bertz CT molecular complexity index is 596. The minimum absolute atomic E-state index is 0.259. The van der Waals surface area contributed by atoms with E-state index >= 15 is 0 Å². The molecule has 0 saturated heterocycles. The fourth-order valence-corrected chi connectivity index (χ4v) is 3.33. The summed E-state index contributed by atoms with van der Waals surface area (Å²) in [6, 6.07) is 11.1. The SMILES string of the molecule is CNC(c1cc(C)cnc1N)C1Cc2ccccc2C1. The molecule has 20 heavy (non-hydrogen) atoms. The second kappa shape index (κ2) is 5.25. The molecule has 3 nitrogen and oxygen atoms in total. The molecule has 3 N–H and O–H groups in total. The van der Waals surface area contributed by atoms with Crippen molar-refractivity contribution >= 4 is 5.82 Å². The zero-order valence-electron chi connectivity index (χ0n) is 12.1. The monoisotopic (exact) mass is 267 g/mol. The summed E-state index contributed by atoms with van der Waals surface area (Å²) in [5.41, 5.74) is 11.3. The average Bonchev–Trinajstić information content (AvgIpc) is 2.87. The highest BCUT2D eigenvalue weighted by Crippen LogP contribution is 2.36. The minimum Gasteiger partial charge on any atom is -0.383 e. The summed E-state index contributed by atoms with van der Waals surface area (Å²) in [7, 11) is 2.01. The number of aryl methyl sites for hydroxylation is 1. The molecule has 1 atom stereocenters. The van der Waals surface area contributed by atoms with Crippen LogP contribution < -0.4 is 11.1 Å². The zero-order chi connectivity index (χ0) is 14.1. The number of nitrogens with one attached hydrogen (secondary N) is 1. The van der Waals surface area contributed by atoms with Crippen molar-refractivity contribution in [3.05, 3.63) is 58.8 Å². The van der Waals surface area contributed by atoms with Gasteiger partial charge in [0.25, 0.3) is 0 Å². The maximum atomic E-state index is 6.09. The number of aromatic nitrogens is 1. The van der Waals surface area contributed by atoms with Crippen molar-refractivity contribution in [2.24, 2.45) is 5.92 Å². The lowest BCUT2D eigenvalue weighted by molar-refractivity contribution is 0.397. The van der Waals surface area contributed by atoms with Crippen LogP contribution in [-0.4, -0.2) is 12.0 Å². The number of hydrogen-bond donors (Lipinski definition) is 2. The van der Waals surface area contributed by atoms with E-state index in [9.17, 15) is 0 Å². The van der Waals surface area contributed by atoms with Gasteiger partial charge >= 0.3 is 0 Å². The number of nitrogen functional groups attached to an aromatic ring is 1. The summed E-state index contributed by atoms with van der Waals surface area (Å²) in [4.78, 5) is 4.31. The molecule has 0 aliphatic heterocycles. The standard InChI is InChI=1S/C17H21N3/c1-11-7-15(17(18)20-10-11)16(19-2)14-8-12-5-3-4-6-13(12)9-14/h3-7,10,14,16,19H,8-9H2,1-2H3,(H2,18,20). The van der Waals surface area contributed by atoms with Gasteiger partial charge in [0.1, 0.15) is 5.82 Å². The molecular weight excluding hydrogens is 246 g/mol. The van der Waals surface area contributed by atoms with Gasteiger partial charge in [-0.05, 0) is 55.5 Å². The molecule has 0 radical (unpaired) electrons. The molecule has 1 unspecified atom stereocenters. The Balaban J connectivity index is 1.91. The van der Waals surface area contributed by atoms with E-state index in [0.29, 0.717) is 11.7 Å². The van der Waals surface area contributed by atoms with Crippen molar-refractivity contribution < 1.29 is 0 Å². The first kappa shape index (κ1) is 13.1. The van der Waals surface area contributed by atoms with E-state index in [1.165, 1.54) is 11.1 Å². The number of fused-ring (bicyclic) bond motifs is 1. The Morgan fingerprint density at radius 3 is 2.50 bits per heavy atom. The topological polar surface area (TPSA) is 50.9 Å². The van der Waals surface area contributed by atoms with Crippen molar-refractivity contribution in [3.8, 4) is 0 Å². The molecule has 1 aromatic heterocycles. The van der Waals surface area contributed by atoms with E-state index in [2.05, 4.69) is 47.6 Å². The molecule has 1 heterocycles. The van der Waals surface area contributed by atoms with Gasteiger partial charge in [0.15, 0.2) is 0 Å².